The monoisotopic (exact) mass is 407 g/mol. The molecule has 7 nitrogen and oxygen atoms in total. The van der Waals surface area contributed by atoms with Gasteiger partial charge in [0.25, 0.3) is 5.91 Å². The summed E-state index contributed by atoms with van der Waals surface area (Å²) >= 11 is 0. The fourth-order valence-corrected chi connectivity index (χ4v) is 3.70. The molecule has 7 heteroatoms. The number of piperidine rings is 1. The van der Waals surface area contributed by atoms with E-state index in [4.69, 9.17) is 9.15 Å². The van der Waals surface area contributed by atoms with Crippen LogP contribution in [0.25, 0.3) is 11.0 Å². The second-order valence-electron chi connectivity index (χ2n) is 7.45. The van der Waals surface area contributed by atoms with Gasteiger partial charge in [0.15, 0.2) is 5.76 Å². The second kappa shape index (κ2) is 8.90. The summed E-state index contributed by atoms with van der Waals surface area (Å²) in [6.45, 7) is 1.88. The van der Waals surface area contributed by atoms with Crippen molar-refractivity contribution < 1.29 is 18.7 Å². The minimum Gasteiger partial charge on any atom is -0.497 e. The molecule has 0 saturated carbocycles. The number of para-hydroxylation sites is 1. The Morgan fingerprint density at radius 1 is 1.10 bits per heavy atom. The van der Waals surface area contributed by atoms with Crippen LogP contribution in [0.5, 0.6) is 5.75 Å². The predicted octanol–water partition coefficient (Wildman–Crippen LogP) is 4.12. The van der Waals surface area contributed by atoms with Crippen molar-refractivity contribution in [2.24, 2.45) is 5.92 Å². The molecule has 156 valence electrons. The number of carbonyl (C=O) groups is 2. The highest BCUT2D eigenvalue weighted by Crippen LogP contribution is 2.23. The summed E-state index contributed by atoms with van der Waals surface area (Å²) < 4.78 is 10.9. The van der Waals surface area contributed by atoms with Crippen LogP contribution in [0.15, 0.2) is 59.0 Å². The van der Waals surface area contributed by atoms with Crippen LogP contribution in [0.2, 0.25) is 0 Å². The van der Waals surface area contributed by atoms with Crippen LogP contribution >= 0.6 is 0 Å². The van der Waals surface area contributed by atoms with Crippen LogP contribution < -0.4 is 15.4 Å². The number of ether oxygens (including phenoxy) is 1. The number of anilines is 1. The maximum Gasteiger partial charge on any atom is 0.319 e. The Bertz CT molecular complexity index is 1000. The van der Waals surface area contributed by atoms with Gasteiger partial charge in [-0.3, -0.25) is 4.79 Å². The third kappa shape index (κ3) is 4.56. The molecule has 0 radical (unpaired) electrons. The molecule has 1 aromatic heterocycles. The van der Waals surface area contributed by atoms with Gasteiger partial charge in [0.1, 0.15) is 11.3 Å². The lowest BCUT2D eigenvalue weighted by Crippen LogP contribution is -2.42. The van der Waals surface area contributed by atoms with Crippen molar-refractivity contribution in [2.75, 3.05) is 32.1 Å². The van der Waals surface area contributed by atoms with E-state index in [0.29, 0.717) is 42.7 Å². The van der Waals surface area contributed by atoms with E-state index < -0.39 is 0 Å². The normalized spacial score (nSPS) is 14.5. The Morgan fingerprint density at radius 3 is 2.67 bits per heavy atom. The molecule has 1 aliphatic rings. The zero-order valence-corrected chi connectivity index (χ0v) is 16.9. The number of hydrogen-bond donors (Lipinski definition) is 2. The molecule has 4 rings (SSSR count). The molecule has 1 aliphatic heterocycles. The Kier molecular flexibility index (Phi) is 5.88. The van der Waals surface area contributed by atoms with Gasteiger partial charge in [0.05, 0.1) is 7.11 Å². The van der Waals surface area contributed by atoms with Gasteiger partial charge in [-0.2, -0.15) is 0 Å². The molecule has 3 aromatic rings. The molecule has 30 heavy (non-hydrogen) atoms. The van der Waals surface area contributed by atoms with Gasteiger partial charge in [-0.1, -0.05) is 24.3 Å². The number of benzene rings is 2. The van der Waals surface area contributed by atoms with Gasteiger partial charge in [-0.25, -0.2) is 4.79 Å². The summed E-state index contributed by atoms with van der Waals surface area (Å²) in [7, 11) is 1.59. The van der Waals surface area contributed by atoms with E-state index in [1.165, 1.54) is 0 Å². The van der Waals surface area contributed by atoms with E-state index in [1.54, 1.807) is 19.2 Å². The van der Waals surface area contributed by atoms with Gasteiger partial charge in [-0.05, 0) is 43.0 Å². The first kappa shape index (κ1) is 19.8. The van der Waals surface area contributed by atoms with Crippen LogP contribution in [0.1, 0.15) is 23.4 Å². The summed E-state index contributed by atoms with van der Waals surface area (Å²) in [5, 5.41) is 6.66. The topological polar surface area (TPSA) is 83.8 Å². The fraction of sp³-hybridized carbons (Fsp3) is 0.304. The maximum absolute atomic E-state index is 12.7. The Labute approximate surface area is 175 Å². The van der Waals surface area contributed by atoms with E-state index in [1.807, 2.05) is 47.4 Å². The third-order valence-electron chi connectivity index (χ3n) is 5.42. The number of methoxy groups -OCH3 is 1. The number of amides is 3. The molecule has 2 N–H and O–H groups in total. The van der Waals surface area contributed by atoms with Gasteiger partial charge < -0.3 is 24.7 Å². The highest BCUT2D eigenvalue weighted by Gasteiger charge is 2.26. The number of carbonyl (C=O) groups excluding carboxylic acids is 2. The molecule has 2 heterocycles. The average Bonchev–Trinajstić information content (AvgIpc) is 3.22. The molecule has 0 aliphatic carbocycles. The molecule has 2 aromatic carbocycles. The van der Waals surface area contributed by atoms with E-state index in [0.717, 1.165) is 23.8 Å². The first-order valence-corrected chi connectivity index (χ1v) is 10.1. The molecule has 0 bridgehead atoms. The highest BCUT2D eigenvalue weighted by molar-refractivity contribution is 5.96. The maximum atomic E-state index is 12.7. The van der Waals surface area contributed by atoms with E-state index >= 15 is 0 Å². The Hall–Kier alpha value is -3.48. The summed E-state index contributed by atoms with van der Waals surface area (Å²) in [5.74, 6) is 1.33. The zero-order chi connectivity index (χ0) is 20.9. The number of fused-ring (bicyclic) bond motifs is 1. The van der Waals surface area contributed by atoms with Gasteiger partial charge in [0, 0.05) is 36.8 Å². The average molecular weight is 407 g/mol. The molecule has 0 unspecified atom stereocenters. The molecule has 3 amide bonds. The lowest BCUT2D eigenvalue weighted by molar-refractivity contribution is 0.0661. The molecule has 0 atom stereocenters. The standard InChI is InChI=1S/C23H25N3O4/c1-29-19-7-4-6-18(14-19)25-23(28)24-15-16-9-11-26(12-10-16)22(27)21-13-17-5-2-3-8-20(17)30-21/h2-8,13-14,16H,9-12,15H2,1H3,(H2,24,25,28). The highest BCUT2D eigenvalue weighted by atomic mass is 16.5. The van der Waals surface area contributed by atoms with Crippen molar-refractivity contribution in [1.82, 2.24) is 10.2 Å². The molecular weight excluding hydrogens is 382 g/mol. The van der Waals surface area contributed by atoms with Crippen LogP contribution in [0.3, 0.4) is 0 Å². The molecule has 1 saturated heterocycles. The van der Waals surface area contributed by atoms with Crippen LogP contribution in [-0.4, -0.2) is 43.6 Å². The van der Waals surface area contributed by atoms with Crippen molar-refractivity contribution in [1.29, 1.82) is 0 Å². The number of hydrogen-bond acceptors (Lipinski definition) is 4. The zero-order valence-electron chi connectivity index (χ0n) is 16.9. The Balaban J connectivity index is 1.24. The summed E-state index contributed by atoms with van der Waals surface area (Å²) in [5.41, 5.74) is 1.40. The first-order chi connectivity index (χ1) is 14.6. The number of nitrogens with zero attached hydrogens (tertiary/aromatic N) is 1. The minimum absolute atomic E-state index is 0.0756. The number of nitrogens with one attached hydrogen (secondary N) is 2. The summed E-state index contributed by atoms with van der Waals surface area (Å²) in [6.07, 6.45) is 1.68. The number of furan rings is 1. The fourth-order valence-electron chi connectivity index (χ4n) is 3.70. The van der Waals surface area contributed by atoms with Crippen LogP contribution in [0, 0.1) is 5.92 Å². The van der Waals surface area contributed by atoms with Crippen molar-refractivity contribution >= 4 is 28.6 Å². The van der Waals surface area contributed by atoms with Gasteiger partial charge in [-0.15, -0.1) is 0 Å². The lowest BCUT2D eigenvalue weighted by Gasteiger charge is -2.31. The van der Waals surface area contributed by atoms with Crippen molar-refractivity contribution in [2.45, 2.75) is 12.8 Å². The first-order valence-electron chi connectivity index (χ1n) is 10.1. The van der Waals surface area contributed by atoms with Crippen LogP contribution in [-0.2, 0) is 0 Å². The SMILES string of the molecule is COc1cccc(NC(=O)NCC2CCN(C(=O)c3cc4ccccc4o3)CC2)c1. The van der Waals surface area contributed by atoms with E-state index in [2.05, 4.69) is 10.6 Å². The number of urea groups is 1. The number of rotatable bonds is 5. The van der Waals surface area contributed by atoms with E-state index in [9.17, 15) is 9.59 Å². The van der Waals surface area contributed by atoms with Crippen LogP contribution in [0.4, 0.5) is 10.5 Å². The number of likely N-dealkylation sites (tertiary alicyclic amines) is 1. The van der Waals surface area contributed by atoms with E-state index in [-0.39, 0.29) is 11.9 Å². The minimum atomic E-state index is -0.246. The molecular formula is C23H25N3O4. The van der Waals surface area contributed by atoms with Gasteiger partial charge in [0.2, 0.25) is 0 Å². The lowest BCUT2D eigenvalue weighted by atomic mass is 9.96. The second-order valence-corrected chi connectivity index (χ2v) is 7.45. The largest absolute Gasteiger partial charge is 0.497 e. The molecule has 0 spiro atoms. The third-order valence-corrected chi connectivity index (χ3v) is 5.42. The van der Waals surface area contributed by atoms with Crippen molar-refractivity contribution in [3.8, 4) is 5.75 Å². The quantitative estimate of drug-likeness (QED) is 0.667. The summed E-state index contributed by atoms with van der Waals surface area (Å²) in [4.78, 5) is 26.7. The molecule has 1 fully saturated rings. The van der Waals surface area contributed by atoms with Gasteiger partial charge >= 0.3 is 6.03 Å². The summed E-state index contributed by atoms with van der Waals surface area (Å²) in [6, 6.07) is 16.4. The predicted molar refractivity (Wildman–Crippen MR) is 115 cm³/mol. The van der Waals surface area contributed by atoms with Crippen molar-refractivity contribution in [3.63, 3.8) is 0 Å². The van der Waals surface area contributed by atoms with Crippen molar-refractivity contribution in [3.05, 3.63) is 60.4 Å². The smallest absolute Gasteiger partial charge is 0.319 e. The Morgan fingerprint density at radius 2 is 1.90 bits per heavy atom.